The molecule has 0 spiro atoms. The van der Waals surface area contributed by atoms with Crippen LogP contribution in [0.4, 0.5) is 110 Å². The summed E-state index contributed by atoms with van der Waals surface area (Å²) in [6.45, 7) is 0. The van der Waals surface area contributed by atoms with E-state index in [1.165, 1.54) is 0 Å². The zero-order valence-corrected chi connectivity index (χ0v) is 20.1. The van der Waals surface area contributed by atoms with E-state index in [1.54, 1.807) is 0 Å². The van der Waals surface area contributed by atoms with Gasteiger partial charge in [-0.05, 0) is 0 Å². The minimum absolute atomic E-state index is 3.79. The van der Waals surface area contributed by atoms with Gasteiger partial charge >= 0.3 is 86.5 Å². The maximum Gasteiger partial charge on any atom is 0.460 e. The van der Waals surface area contributed by atoms with Gasteiger partial charge in [0, 0.05) is 9.87 Å². The predicted molar refractivity (Wildman–Crippen MR) is 83.0 cm³/mol. The second-order valence-corrected chi connectivity index (χ2v) is 9.58. The summed E-state index contributed by atoms with van der Waals surface area (Å²) in [5.74, 6) is -91.1. The van der Waals surface area contributed by atoms with E-state index in [0.29, 0.717) is 0 Å². The molecule has 0 aliphatic carbocycles. The Bertz CT molecular complexity index is 1310. The smallest absolute Gasteiger partial charge is 0.460 e. The van der Waals surface area contributed by atoms with Crippen molar-refractivity contribution in [1.29, 1.82) is 0 Å². The number of rotatable bonds is 13. The minimum atomic E-state index is -10.0. The van der Waals surface area contributed by atoms with E-state index in [9.17, 15) is 128 Å². The predicted octanol–water partition coefficient (Wildman–Crippen LogP) is 6.09. The molecular weight excluding hydrogens is 771 g/mol. The van der Waals surface area contributed by atoms with E-state index >= 15 is 0 Å². The Balaban J connectivity index is 7.64. The first-order chi connectivity index (χ1) is 19.5. The van der Waals surface area contributed by atoms with Crippen LogP contribution in [0.5, 0.6) is 0 Å². The van der Waals surface area contributed by atoms with E-state index in [0.717, 1.165) is 0 Å². The van der Waals surface area contributed by atoms with E-state index in [4.69, 9.17) is 5.11 Å². The molecule has 0 rings (SSSR count). The third-order valence-corrected chi connectivity index (χ3v) is 6.56. The molecule has 0 aromatic heterocycles. The monoisotopic (exact) mass is 772 g/mol. The van der Waals surface area contributed by atoms with Crippen molar-refractivity contribution in [3.05, 3.63) is 0 Å². The number of halogens is 25. The standard InChI is InChI=1S/C13HF25N2O5S/c14-3(15,1(41)39(36)37)5(17,18)4(16,2(42)43)40(38)46(44,45)13(34,35)11(29,30)9(25,26)7(21,22)6(19,20)8(23,24)10(27,28)12(31,32)33/h(H,42,43)/t4-/m1/s1. The summed E-state index contributed by atoms with van der Waals surface area (Å²) >= 11 is 0. The maximum absolute atomic E-state index is 14.3. The summed E-state index contributed by atoms with van der Waals surface area (Å²) in [6, 6.07) is 0. The zero-order chi connectivity index (χ0) is 38.3. The van der Waals surface area contributed by atoms with Gasteiger partial charge < -0.3 is 5.11 Å². The van der Waals surface area contributed by atoms with E-state index in [-0.39, 0.29) is 0 Å². The van der Waals surface area contributed by atoms with Gasteiger partial charge in [-0.15, -0.1) is 4.48 Å². The molecule has 0 aliphatic rings. The topological polar surface area (TPSA) is 95.0 Å². The summed E-state index contributed by atoms with van der Waals surface area (Å²) < 4.78 is 349. The number of carboxylic acids is 1. The van der Waals surface area contributed by atoms with Gasteiger partial charge in [-0.2, -0.15) is 92.2 Å². The summed E-state index contributed by atoms with van der Waals surface area (Å²) in [7, 11) is -10.0. The van der Waals surface area contributed by atoms with Crippen molar-refractivity contribution in [2.75, 3.05) is 0 Å². The molecule has 0 bridgehead atoms. The lowest BCUT2D eigenvalue weighted by Gasteiger charge is -2.43. The van der Waals surface area contributed by atoms with Gasteiger partial charge in [0.05, 0.1) is 0 Å². The highest BCUT2D eigenvalue weighted by atomic mass is 32.2. The van der Waals surface area contributed by atoms with Gasteiger partial charge in [-0.25, -0.2) is 17.6 Å². The molecule has 33 heteroatoms. The van der Waals surface area contributed by atoms with Gasteiger partial charge in [-0.1, -0.05) is 8.96 Å². The second kappa shape index (κ2) is 10.8. The molecule has 0 aromatic carbocycles. The molecule has 0 aromatic rings. The summed E-state index contributed by atoms with van der Waals surface area (Å²) in [5, 5.41) is -4.93. The highest BCUT2D eigenvalue weighted by Crippen LogP contribution is 2.65. The Morgan fingerprint density at radius 2 is 0.761 bits per heavy atom. The van der Waals surface area contributed by atoms with E-state index in [2.05, 4.69) is 0 Å². The third kappa shape index (κ3) is 4.99. The molecule has 1 amide bonds. The number of nitrogens with zero attached hydrogens (tertiary/aromatic N) is 2. The Morgan fingerprint density at radius 1 is 0.478 bits per heavy atom. The number of amides is 1. The van der Waals surface area contributed by atoms with Crippen molar-refractivity contribution in [2.45, 2.75) is 64.6 Å². The quantitative estimate of drug-likeness (QED) is 0.139. The lowest BCUT2D eigenvalue weighted by atomic mass is 9.91. The molecule has 0 heterocycles. The highest BCUT2D eigenvalue weighted by molar-refractivity contribution is 7.90. The normalized spacial score (nSPS) is 17.2. The van der Waals surface area contributed by atoms with Gasteiger partial charge in [0.2, 0.25) is 0 Å². The number of carboxylic acid groups (broad SMARTS) is 1. The molecule has 0 unspecified atom stereocenters. The van der Waals surface area contributed by atoms with Crippen LogP contribution in [-0.2, 0) is 19.6 Å². The van der Waals surface area contributed by atoms with Gasteiger partial charge in [-0.3, -0.25) is 4.79 Å². The van der Waals surface area contributed by atoms with Crippen molar-refractivity contribution in [3.63, 3.8) is 0 Å². The zero-order valence-electron chi connectivity index (χ0n) is 19.3. The van der Waals surface area contributed by atoms with Crippen molar-refractivity contribution in [3.8, 4) is 0 Å². The van der Waals surface area contributed by atoms with Crippen molar-refractivity contribution < 1.29 is 133 Å². The average molecular weight is 772 g/mol. The largest absolute Gasteiger partial charge is 0.478 e. The Labute approximate surface area is 230 Å². The Kier molecular flexibility index (Phi) is 10.1. The minimum Gasteiger partial charge on any atom is -0.478 e. The van der Waals surface area contributed by atoms with Crippen LogP contribution in [0.1, 0.15) is 0 Å². The lowest BCUT2D eigenvalue weighted by Crippen LogP contribution is -2.76. The van der Waals surface area contributed by atoms with Crippen molar-refractivity contribution in [2.24, 2.45) is 0 Å². The van der Waals surface area contributed by atoms with Crippen LogP contribution in [0, 0.1) is 0 Å². The molecule has 1 atom stereocenters. The van der Waals surface area contributed by atoms with Crippen molar-refractivity contribution >= 4 is 21.9 Å². The van der Waals surface area contributed by atoms with E-state index in [1.807, 2.05) is 0 Å². The number of hydrogen-bond acceptors (Lipinski definition) is 4. The fourth-order valence-corrected chi connectivity index (χ4v) is 3.52. The number of alkyl halides is 22. The Hall–Kier alpha value is -2.90. The second-order valence-electron chi connectivity index (χ2n) is 7.79. The Morgan fingerprint density at radius 3 is 1.02 bits per heavy atom. The molecule has 274 valence electrons. The molecule has 0 radical (unpaired) electrons. The molecule has 0 aliphatic heterocycles. The summed E-state index contributed by atoms with van der Waals surface area (Å²) in [4.78, 5) is 21.1. The molecule has 0 saturated carbocycles. The average Bonchev–Trinajstić information content (AvgIpc) is 2.84. The summed E-state index contributed by atoms with van der Waals surface area (Å²) in [5.41, 5.74) is 0. The first-order valence-corrected chi connectivity index (χ1v) is 10.7. The maximum atomic E-state index is 14.3. The van der Waals surface area contributed by atoms with Gasteiger partial charge in [0.1, 0.15) is 0 Å². The van der Waals surface area contributed by atoms with Crippen LogP contribution in [0.2, 0.25) is 0 Å². The van der Waals surface area contributed by atoms with Crippen LogP contribution in [0.3, 0.4) is 0 Å². The van der Waals surface area contributed by atoms with Crippen molar-refractivity contribution in [1.82, 2.24) is 9.87 Å². The molecule has 46 heavy (non-hydrogen) atoms. The first-order valence-electron chi connectivity index (χ1n) is 9.21. The fourth-order valence-electron chi connectivity index (χ4n) is 2.35. The number of aliphatic carboxylic acids is 1. The first kappa shape index (κ1) is 43.1. The number of hydrogen-bond donors (Lipinski definition) is 1. The van der Waals surface area contributed by atoms with Gasteiger partial charge in [0.15, 0.2) is 0 Å². The van der Waals surface area contributed by atoms with E-state index < -0.39 is 96.4 Å². The number of sulfonamides is 1. The van der Waals surface area contributed by atoms with Gasteiger partial charge in [0.25, 0.3) is 0 Å². The number of carbonyl (C=O) groups is 2. The van der Waals surface area contributed by atoms with Crippen LogP contribution in [-0.4, -0.2) is 99.9 Å². The third-order valence-electron chi connectivity index (χ3n) is 4.99. The summed E-state index contributed by atoms with van der Waals surface area (Å²) in [6.07, 6.45) is -8.24. The molecule has 0 fully saturated rings. The van der Waals surface area contributed by atoms with Crippen LogP contribution in [0.25, 0.3) is 0 Å². The fraction of sp³-hybridized carbons (Fsp3) is 0.846. The molecule has 0 saturated heterocycles. The SMILES string of the molecule is O=C(N(F)F)C(F)(F)C(F)(F)[C@@](F)(C(=O)O)N(F)S(=O)(=O)C(F)(F)C(F)(F)C(F)(F)C(F)(F)C(F)(F)C(F)(F)C(F)(F)C(F)(F)F. The highest BCUT2D eigenvalue weighted by Gasteiger charge is 2.97. The lowest BCUT2D eigenvalue weighted by molar-refractivity contribution is -0.458. The molecular formula is C13HF25N2O5S. The van der Waals surface area contributed by atoms with Crippen LogP contribution < -0.4 is 0 Å². The number of carbonyl (C=O) groups excluding carboxylic acids is 1. The molecule has 1 N–H and O–H groups in total. The van der Waals surface area contributed by atoms with Crippen LogP contribution >= 0.6 is 0 Å². The van der Waals surface area contributed by atoms with Crippen LogP contribution in [0.15, 0.2) is 0 Å². The molecule has 7 nitrogen and oxygen atoms in total.